The van der Waals surface area contributed by atoms with Crippen molar-refractivity contribution in [3.63, 3.8) is 0 Å². The van der Waals surface area contributed by atoms with Crippen LogP contribution in [0.1, 0.15) is 27.7 Å². The molecular formula is C32H55NO23. The van der Waals surface area contributed by atoms with Crippen molar-refractivity contribution in [3.05, 3.63) is 0 Å². The lowest BCUT2D eigenvalue weighted by Gasteiger charge is -2.49. The highest BCUT2D eigenvalue weighted by atomic mass is 16.8. The van der Waals surface area contributed by atoms with E-state index in [4.69, 9.17) is 42.6 Å². The molecule has 0 aliphatic carbocycles. The molecule has 0 saturated carbocycles. The van der Waals surface area contributed by atoms with E-state index in [0.717, 1.165) is 6.92 Å². The molecule has 0 aromatic carbocycles. The highest BCUT2D eigenvalue weighted by Crippen LogP contribution is 2.36. The summed E-state index contributed by atoms with van der Waals surface area (Å²) in [7, 11) is 0. The van der Waals surface area contributed by atoms with Crippen molar-refractivity contribution in [1.29, 1.82) is 0 Å². The van der Waals surface area contributed by atoms with Gasteiger partial charge in [-0.25, -0.2) is 0 Å². The van der Waals surface area contributed by atoms with Crippen molar-refractivity contribution in [2.75, 3.05) is 13.2 Å². The number of ether oxygens (including phenoxy) is 9. The van der Waals surface area contributed by atoms with Gasteiger partial charge in [-0.2, -0.15) is 0 Å². The van der Waals surface area contributed by atoms with Crippen LogP contribution in [0.15, 0.2) is 0 Å². The van der Waals surface area contributed by atoms with E-state index in [1.165, 1.54) is 20.8 Å². The molecule has 25 atom stereocenters. The van der Waals surface area contributed by atoms with Crippen LogP contribution in [0.3, 0.4) is 0 Å². The molecule has 0 spiro atoms. The Morgan fingerprint density at radius 2 is 0.875 bits per heavy atom. The minimum Gasteiger partial charge on any atom is -0.394 e. The van der Waals surface area contributed by atoms with Crippen LogP contribution in [0.4, 0.5) is 0 Å². The van der Waals surface area contributed by atoms with Crippen molar-refractivity contribution < 1.29 is 114 Å². The maximum Gasteiger partial charge on any atom is 0.217 e. The number of hydrogen-bond acceptors (Lipinski definition) is 23. The molecule has 5 rings (SSSR count). The zero-order valence-electron chi connectivity index (χ0n) is 30.7. The van der Waals surface area contributed by atoms with Crippen LogP contribution in [0.25, 0.3) is 0 Å². The van der Waals surface area contributed by atoms with Crippen molar-refractivity contribution in [2.45, 2.75) is 181 Å². The van der Waals surface area contributed by atoms with E-state index < -0.39 is 173 Å². The van der Waals surface area contributed by atoms with E-state index in [1.807, 2.05) is 0 Å². The van der Waals surface area contributed by atoms with Gasteiger partial charge in [0.25, 0.3) is 0 Å². The number of nitrogens with one attached hydrogen (secondary N) is 1. The minimum absolute atomic E-state index is 0.665. The van der Waals surface area contributed by atoms with Gasteiger partial charge in [0.1, 0.15) is 104 Å². The van der Waals surface area contributed by atoms with E-state index in [0.29, 0.717) is 0 Å². The summed E-state index contributed by atoms with van der Waals surface area (Å²) in [6.07, 6.45) is -40.2. The van der Waals surface area contributed by atoms with Gasteiger partial charge in [-0.15, -0.1) is 0 Å². The maximum absolute atomic E-state index is 11.9. The number of aliphatic hydroxyl groups excluding tert-OH is 13. The summed E-state index contributed by atoms with van der Waals surface area (Å²) in [5, 5.41) is 141. The molecule has 24 heteroatoms. The summed E-state index contributed by atoms with van der Waals surface area (Å²) in [5.41, 5.74) is 0. The number of aliphatic hydroxyl groups is 13. The van der Waals surface area contributed by atoms with Crippen LogP contribution >= 0.6 is 0 Å². The average Bonchev–Trinajstić information content (AvgIpc) is 3.15. The Labute approximate surface area is 319 Å². The molecule has 326 valence electrons. The Kier molecular flexibility index (Phi) is 15.4. The van der Waals surface area contributed by atoms with Gasteiger partial charge in [-0.1, -0.05) is 0 Å². The number of amides is 1. The topological polar surface area (TPSA) is 375 Å². The van der Waals surface area contributed by atoms with Gasteiger partial charge in [-0.3, -0.25) is 4.79 Å². The molecule has 5 aliphatic heterocycles. The van der Waals surface area contributed by atoms with Gasteiger partial charge in [0.15, 0.2) is 31.5 Å². The second-order valence-corrected chi connectivity index (χ2v) is 14.6. The van der Waals surface area contributed by atoms with E-state index in [-0.39, 0.29) is 0 Å². The van der Waals surface area contributed by atoms with E-state index in [9.17, 15) is 71.2 Å². The maximum atomic E-state index is 11.9. The second kappa shape index (κ2) is 18.9. The first-order valence-electron chi connectivity index (χ1n) is 18.2. The highest BCUT2D eigenvalue weighted by Gasteiger charge is 2.56. The van der Waals surface area contributed by atoms with E-state index in [2.05, 4.69) is 5.32 Å². The molecule has 1 amide bonds. The number of carbonyl (C=O) groups is 1. The molecule has 0 aromatic rings. The summed E-state index contributed by atoms with van der Waals surface area (Å²) in [6.45, 7) is 3.49. The zero-order valence-corrected chi connectivity index (χ0v) is 30.7. The van der Waals surface area contributed by atoms with Crippen LogP contribution in [0.2, 0.25) is 0 Å². The normalized spacial score (nSPS) is 53.1. The quantitative estimate of drug-likeness (QED) is 0.0920. The molecule has 0 bridgehead atoms. The Hall–Kier alpha value is -1.41. The minimum atomic E-state index is -2.05. The monoisotopic (exact) mass is 821 g/mol. The van der Waals surface area contributed by atoms with Gasteiger partial charge in [0.2, 0.25) is 5.91 Å². The molecule has 13 unspecified atom stereocenters. The Morgan fingerprint density at radius 3 is 1.45 bits per heavy atom. The SMILES string of the molecule is CC(=O)NC1C(O[C@@H]2O[C@@H](C)[C@@H](O)C(O[C@H]3OC(CO)[C@H](O)C(O[C@@H]4OC(C)[C@@H](O)C(O)C4O[C@@H]4OC(C)[C@H](O)C(O)C4O)C3O)C2O)[C@H](O)[C@H](CO)O[C@H]1O. The van der Waals surface area contributed by atoms with Crippen LogP contribution in [-0.4, -0.2) is 239 Å². The summed E-state index contributed by atoms with van der Waals surface area (Å²) in [6, 6.07) is -1.44. The fourth-order valence-corrected chi connectivity index (χ4v) is 7.23. The van der Waals surface area contributed by atoms with Crippen molar-refractivity contribution >= 4 is 5.91 Å². The van der Waals surface area contributed by atoms with Gasteiger partial charge in [-0.05, 0) is 20.8 Å². The highest BCUT2D eigenvalue weighted by molar-refractivity contribution is 5.73. The molecule has 0 aromatic heterocycles. The number of hydrogen-bond donors (Lipinski definition) is 14. The molecule has 5 heterocycles. The third kappa shape index (κ3) is 9.31. The first kappa shape index (κ1) is 45.7. The van der Waals surface area contributed by atoms with Crippen molar-refractivity contribution in [3.8, 4) is 0 Å². The van der Waals surface area contributed by atoms with Crippen molar-refractivity contribution in [1.82, 2.24) is 5.32 Å². The Morgan fingerprint density at radius 1 is 0.464 bits per heavy atom. The fraction of sp³-hybridized carbons (Fsp3) is 0.969. The summed E-state index contributed by atoms with van der Waals surface area (Å²) in [4.78, 5) is 11.9. The molecule has 0 radical (unpaired) electrons. The lowest BCUT2D eigenvalue weighted by atomic mass is 9.95. The molecule has 56 heavy (non-hydrogen) atoms. The molecule has 5 fully saturated rings. The van der Waals surface area contributed by atoms with Crippen LogP contribution in [0, 0.1) is 0 Å². The second-order valence-electron chi connectivity index (χ2n) is 14.6. The standard InChI is InChI=1S/C32H55NO23/c1-7-14(37)19(42)21(44)29(48-7)56-27-20(43)15(38)8(2)50-32(27)55-26-18(41)12(6-35)52-31(23(26)46)54-25-16(39)9(3)49-30(22(25)45)53-24-13(33-10(4)36)28(47)51-11(5-34)17(24)40/h7-9,11-32,34-35,37-47H,5-6H2,1-4H3,(H,33,36)/t7?,8?,9-,11-,12?,13?,14-,15+,16+,17+,18-,19?,20?,21?,22?,23?,24?,25?,26?,27?,28+,29-,30-,31+,32-/m0/s1. The predicted octanol–water partition coefficient (Wildman–Crippen LogP) is -8.70. The lowest BCUT2D eigenvalue weighted by molar-refractivity contribution is -0.395. The lowest BCUT2D eigenvalue weighted by Crippen LogP contribution is -2.68. The van der Waals surface area contributed by atoms with Gasteiger partial charge in [0, 0.05) is 6.92 Å². The van der Waals surface area contributed by atoms with Crippen LogP contribution in [0.5, 0.6) is 0 Å². The van der Waals surface area contributed by atoms with E-state index >= 15 is 0 Å². The smallest absolute Gasteiger partial charge is 0.217 e. The summed E-state index contributed by atoms with van der Waals surface area (Å²) in [5.74, 6) is -0.665. The summed E-state index contributed by atoms with van der Waals surface area (Å²) >= 11 is 0. The number of carbonyl (C=O) groups excluding carboxylic acids is 1. The third-order valence-corrected chi connectivity index (χ3v) is 10.6. The van der Waals surface area contributed by atoms with Gasteiger partial charge >= 0.3 is 0 Å². The zero-order chi connectivity index (χ0) is 41.5. The van der Waals surface area contributed by atoms with Crippen LogP contribution in [-0.2, 0) is 47.4 Å². The first-order chi connectivity index (χ1) is 26.3. The fourth-order valence-electron chi connectivity index (χ4n) is 7.23. The number of rotatable bonds is 11. The Balaban J connectivity index is 1.35. The van der Waals surface area contributed by atoms with Gasteiger partial charge < -0.3 is 114 Å². The molecule has 14 N–H and O–H groups in total. The van der Waals surface area contributed by atoms with E-state index in [1.54, 1.807) is 0 Å². The largest absolute Gasteiger partial charge is 0.394 e. The Bertz CT molecular complexity index is 1270. The average molecular weight is 822 g/mol. The molecular weight excluding hydrogens is 766 g/mol. The third-order valence-electron chi connectivity index (χ3n) is 10.6. The molecule has 5 aliphatic rings. The first-order valence-corrected chi connectivity index (χ1v) is 18.2. The van der Waals surface area contributed by atoms with Crippen molar-refractivity contribution in [2.24, 2.45) is 0 Å². The van der Waals surface area contributed by atoms with Crippen LogP contribution < -0.4 is 5.32 Å². The predicted molar refractivity (Wildman–Crippen MR) is 174 cm³/mol. The molecule has 5 saturated heterocycles. The molecule has 24 nitrogen and oxygen atoms in total. The van der Waals surface area contributed by atoms with Gasteiger partial charge in [0.05, 0.1) is 31.5 Å². The summed E-state index contributed by atoms with van der Waals surface area (Å²) < 4.78 is 50.8.